The number of hydrogen-bond donors (Lipinski definition) is 0. The number of benzene rings is 3. The van der Waals surface area contributed by atoms with Gasteiger partial charge in [-0.05, 0) is 102 Å². The first-order valence-electron chi connectivity index (χ1n) is 13.5. The first kappa shape index (κ1) is 26.7. The van der Waals surface area contributed by atoms with Gasteiger partial charge < -0.3 is 14.7 Å². The molecule has 0 radical (unpaired) electrons. The molecule has 3 aromatic rings. The molecule has 0 aromatic heterocycles. The van der Waals surface area contributed by atoms with Gasteiger partial charge in [0, 0.05) is 61.7 Å². The van der Waals surface area contributed by atoms with Gasteiger partial charge in [-0.1, -0.05) is 36.4 Å². The maximum atomic E-state index is 2.40. The fourth-order valence-electron chi connectivity index (χ4n) is 5.28. The first-order chi connectivity index (χ1) is 17.0. The molecule has 3 aromatic carbocycles. The summed E-state index contributed by atoms with van der Waals surface area (Å²) in [6.45, 7) is 21.8. The monoisotopic (exact) mass is 471 g/mol. The highest BCUT2D eigenvalue weighted by Crippen LogP contribution is 2.40. The molecule has 0 spiro atoms. The van der Waals surface area contributed by atoms with Gasteiger partial charge in [0.25, 0.3) is 0 Å². The summed E-state index contributed by atoms with van der Waals surface area (Å²) in [6.07, 6.45) is 0. The van der Waals surface area contributed by atoms with E-state index in [9.17, 15) is 0 Å². The zero-order chi connectivity index (χ0) is 25.4. The second-order valence-electron chi connectivity index (χ2n) is 9.28. The number of hydrogen-bond acceptors (Lipinski definition) is 3. The minimum atomic E-state index is -0.245. The van der Waals surface area contributed by atoms with Gasteiger partial charge in [0.15, 0.2) is 0 Å². The van der Waals surface area contributed by atoms with Crippen molar-refractivity contribution in [3.8, 4) is 0 Å². The number of rotatable bonds is 12. The molecule has 0 saturated carbocycles. The van der Waals surface area contributed by atoms with Crippen LogP contribution in [0, 0.1) is 0 Å². The Balaban J connectivity index is 2.10. The van der Waals surface area contributed by atoms with Gasteiger partial charge in [0.1, 0.15) is 0 Å². The molecule has 0 aliphatic carbocycles. The van der Waals surface area contributed by atoms with Crippen LogP contribution < -0.4 is 14.7 Å². The smallest absolute Gasteiger partial charge is 0.0423 e. The maximum Gasteiger partial charge on any atom is 0.0423 e. The molecular formula is C32H45N3. The maximum absolute atomic E-state index is 2.40. The summed E-state index contributed by atoms with van der Waals surface area (Å²) in [7, 11) is 0. The third-order valence-electron chi connectivity index (χ3n) is 7.72. The number of anilines is 3. The van der Waals surface area contributed by atoms with Crippen molar-refractivity contribution in [3.63, 3.8) is 0 Å². The van der Waals surface area contributed by atoms with Crippen LogP contribution in [0.2, 0.25) is 0 Å². The normalized spacial score (nSPS) is 11.4. The second-order valence-corrected chi connectivity index (χ2v) is 9.28. The van der Waals surface area contributed by atoms with Crippen LogP contribution in [0.15, 0.2) is 72.8 Å². The Hall–Kier alpha value is -2.94. The standard InChI is InChI=1S/C32H45N3/c1-8-33(9-2)29-20-14-26(15-21-29)32(7,27-16-22-30(23-17-27)34(10-3)11-4)28-18-24-31(25-19-28)35(12-5)13-6/h14-25H,8-13H2,1-7H3. The molecule has 0 heterocycles. The molecule has 0 saturated heterocycles. The summed E-state index contributed by atoms with van der Waals surface area (Å²) < 4.78 is 0. The van der Waals surface area contributed by atoms with E-state index in [2.05, 4.69) is 136 Å². The van der Waals surface area contributed by atoms with E-state index in [4.69, 9.17) is 0 Å². The van der Waals surface area contributed by atoms with Crippen molar-refractivity contribution in [2.75, 3.05) is 54.0 Å². The Morgan fingerprint density at radius 2 is 0.600 bits per heavy atom. The second kappa shape index (κ2) is 12.2. The highest BCUT2D eigenvalue weighted by molar-refractivity contribution is 5.59. The van der Waals surface area contributed by atoms with Crippen LogP contribution in [0.25, 0.3) is 0 Å². The molecule has 3 heteroatoms. The van der Waals surface area contributed by atoms with Crippen molar-refractivity contribution in [2.24, 2.45) is 0 Å². The highest BCUT2D eigenvalue weighted by atomic mass is 15.1. The molecule has 0 unspecified atom stereocenters. The van der Waals surface area contributed by atoms with Crippen LogP contribution >= 0.6 is 0 Å². The molecule has 188 valence electrons. The van der Waals surface area contributed by atoms with Crippen molar-refractivity contribution in [3.05, 3.63) is 89.5 Å². The predicted octanol–water partition coefficient (Wildman–Crippen LogP) is 7.58. The van der Waals surface area contributed by atoms with Gasteiger partial charge in [-0.15, -0.1) is 0 Å². The molecular weight excluding hydrogens is 426 g/mol. The first-order valence-corrected chi connectivity index (χ1v) is 13.5. The van der Waals surface area contributed by atoms with E-state index in [1.807, 2.05) is 0 Å². The molecule has 0 atom stereocenters. The fourth-order valence-corrected chi connectivity index (χ4v) is 5.28. The topological polar surface area (TPSA) is 9.72 Å². The summed E-state index contributed by atoms with van der Waals surface area (Å²) in [5, 5.41) is 0. The summed E-state index contributed by atoms with van der Waals surface area (Å²) in [6, 6.07) is 27.7. The largest absolute Gasteiger partial charge is 0.372 e. The van der Waals surface area contributed by atoms with Crippen molar-refractivity contribution in [1.29, 1.82) is 0 Å². The Kier molecular flexibility index (Phi) is 9.26. The lowest BCUT2D eigenvalue weighted by Crippen LogP contribution is -2.27. The lowest BCUT2D eigenvalue weighted by Gasteiger charge is -2.34. The van der Waals surface area contributed by atoms with Crippen molar-refractivity contribution < 1.29 is 0 Å². The van der Waals surface area contributed by atoms with Crippen molar-refractivity contribution >= 4 is 17.1 Å². The summed E-state index contributed by atoms with van der Waals surface area (Å²) in [4.78, 5) is 7.20. The summed E-state index contributed by atoms with van der Waals surface area (Å²) in [5.41, 5.74) is 7.57. The fraction of sp³-hybridized carbons (Fsp3) is 0.438. The zero-order valence-corrected chi connectivity index (χ0v) is 23.0. The van der Waals surface area contributed by atoms with E-state index >= 15 is 0 Å². The van der Waals surface area contributed by atoms with Crippen LogP contribution in [0.1, 0.15) is 65.2 Å². The van der Waals surface area contributed by atoms with Crippen molar-refractivity contribution in [1.82, 2.24) is 0 Å². The quantitative estimate of drug-likeness (QED) is 0.252. The average Bonchev–Trinajstić information content (AvgIpc) is 2.91. The highest BCUT2D eigenvalue weighted by Gasteiger charge is 2.31. The molecule has 0 bridgehead atoms. The Morgan fingerprint density at radius 3 is 0.771 bits per heavy atom. The predicted molar refractivity (Wildman–Crippen MR) is 156 cm³/mol. The van der Waals surface area contributed by atoms with E-state index < -0.39 is 0 Å². The minimum Gasteiger partial charge on any atom is -0.372 e. The van der Waals surface area contributed by atoms with E-state index in [0.717, 1.165) is 39.3 Å². The van der Waals surface area contributed by atoms with Gasteiger partial charge in [0.2, 0.25) is 0 Å². The van der Waals surface area contributed by atoms with E-state index in [1.165, 1.54) is 33.8 Å². The van der Waals surface area contributed by atoms with E-state index in [1.54, 1.807) is 0 Å². The summed E-state index contributed by atoms with van der Waals surface area (Å²) >= 11 is 0. The molecule has 0 fully saturated rings. The van der Waals surface area contributed by atoms with Gasteiger partial charge in [-0.2, -0.15) is 0 Å². The van der Waals surface area contributed by atoms with Gasteiger partial charge in [0.05, 0.1) is 0 Å². The van der Waals surface area contributed by atoms with Crippen LogP contribution in [0.4, 0.5) is 17.1 Å². The van der Waals surface area contributed by atoms with Crippen LogP contribution in [0.5, 0.6) is 0 Å². The van der Waals surface area contributed by atoms with Crippen LogP contribution in [0.3, 0.4) is 0 Å². The van der Waals surface area contributed by atoms with Gasteiger partial charge >= 0.3 is 0 Å². The molecule has 0 amide bonds. The third kappa shape index (κ3) is 5.50. The molecule has 3 nitrogen and oxygen atoms in total. The molecule has 0 aliphatic heterocycles. The Labute approximate surface area is 214 Å². The minimum absolute atomic E-state index is 0.245. The molecule has 0 aliphatic rings. The molecule has 3 rings (SSSR count). The third-order valence-corrected chi connectivity index (χ3v) is 7.72. The lowest BCUT2D eigenvalue weighted by atomic mass is 9.71. The SMILES string of the molecule is CCN(CC)c1ccc(C(C)(c2ccc(N(CC)CC)cc2)c2ccc(N(CC)CC)cc2)cc1. The van der Waals surface area contributed by atoms with Crippen molar-refractivity contribution in [2.45, 2.75) is 53.9 Å². The molecule has 35 heavy (non-hydrogen) atoms. The van der Waals surface area contributed by atoms with E-state index in [0.29, 0.717) is 0 Å². The average molecular weight is 472 g/mol. The van der Waals surface area contributed by atoms with Gasteiger partial charge in [-0.25, -0.2) is 0 Å². The molecule has 0 N–H and O–H groups in total. The van der Waals surface area contributed by atoms with Gasteiger partial charge in [-0.3, -0.25) is 0 Å². The van der Waals surface area contributed by atoms with Crippen LogP contribution in [-0.2, 0) is 5.41 Å². The Morgan fingerprint density at radius 1 is 0.400 bits per heavy atom. The Bertz CT molecular complexity index is 875. The number of nitrogens with zero attached hydrogens (tertiary/aromatic N) is 3. The lowest BCUT2D eigenvalue weighted by molar-refractivity contribution is 0.691. The van der Waals surface area contributed by atoms with E-state index in [-0.39, 0.29) is 5.41 Å². The summed E-state index contributed by atoms with van der Waals surface area (Å²) in [5.74, 6) is 0. The van der Waals surface area contributed by atoms with Crippen LogP contribution in [-0.4, -0.2) is 39.3 Å². The zero-order valence-electron chi connectivity index (χ0n) is 23.0.